The van der Waals surface area contributed by atoms with Crippen molar-refractivity contribution in [1.29, 1.82) is 0 Å². The van der Waals surface area contributed by atoms with Crippen molar-refractivity contribution in [3.05, 3.63) is 30.1 Å². The molecule has 1 aromatic rings. The second kappa shape index (κ2) is 7.27. The van der Waals surface area contributed by atoms with Crippen molar-refractivity contribution in [2.45, 2.75) is 31.9 Å². The quantitative estimate of drug-likeness (QED) is 0.869. The summed E-state index contributed by atoms with van der Waals surface area (Å²) < 4.78 is 42.6. The lowest BCUT2D eigenvalue weighted by molar-refractivity contribution is -0.128. The highest BCUT2D eigenvalue weighted by Gasteiger charge is 2.27. The van der Waals surface area contributed by atoms with Crippen molar-refractivity contribution in [3.8, 4) is 5.75 Å². The molecule has 8 heteroatoms. The first-order valence-corrected chi connectivity index (χ1v) is 9.28. The Bertz CT molecular complexity index is 640. The first kappa shape index (κ1) is 17.7. The molecule has 1 saturated heterocycles. The van der Waals surface area contributed by atoms with Gasteiger partial charge in [0, 0.05) is 19.1 Å². The lowest BCUT2D eigenvalue weighted by Crippen LogP contribution is -2.49. The van der Waals surface area contributed by atoms with Crippen molar-refractivity contribution in [2.75, 3.05) is 19.3 Å². The number of amides is 1. The molecule has 1 atom stereocenters. The van der Waals surface area contributed by atoms with E-state index in [-0.39, 0.29) is 17.8 Å². The predicted octanol–water partition coefficient (Wildman–Crippen LogP) is 1.13. The molecule has 0 bridgehead atoms. The fourth-order valence-electron chi connectivity index (χ4n) is 2.42. The number of halogens is 1. The third kappa shape index (κ3) is 5.18. The minimum Gasteiger partial charge on any atom is -0.481 e. The van der Waals surface area contributed by atoms with E-state index in [0.29, 0.717) is 31.7 Å². The van der Waals surface area contributed by atoms with Crippen LogP contribution in [0.4, 0.5) is 4.39 Å². The Morgan fingerprint density at radius 2 is 1.87 bits per heavy atom. The van der Waals surface area contributed by atoms with Crippen LogP contribution < -0.4 is 10.1 Å². The number of rotatable bonds is 5. The van der Waals surface area contributed by atoms with E-state index in [1.54, 1.807) is 6.92 Å². The molecular weight excluding hydrogens is 323 g/mol. The van der Waals surface area contributed by atoms with Crippen molar-refractivity contribution >= 4 is 15.9 Å². The van der Waals surface area contributed by atoms with Gasteiger partial charge in [-0.15, -0.1) is 0 Å². The molecule has 1 aliphatic rings. The van der Waals surface area contributed by atoms with Crippen LogP contribution in [0, 0.1) is 5.82 Å². The standard InChI is InChI=1S/C15H21FN2O4S/c1-11(22-14-5-3-12(16)4-6-14)15(19)17-13-7-9-18(10-8-13)23(2,20)21/h3-6,11,13H,7-10H2,1-2H3,(H,17,19). The molecule has 1 heterocycles. The van der Waals surface area contributed by atoms with Crippen molar-refractivity contribution in [2.24, 2.45) is 0 Å². The lowest BCUT2D eigenvalue weighted by atomic mass is 10.1. The minimum absolute atomic E-state index is 0.0697. The van der Waals surface area contributed by atoms with Gasteiger partial charge < -0.3 is 10.1 Å². The van der Waals surface area contributed by atoms with E-state index >= 15 is 0 Å². The summed E-state index contributed by atoms with van der Waals surface area (Å²) in [5.41, 5.74) is 0. The number of hydrogen-bond acceptors (Lipinski definition) is 4. The van der Waals surface area contributed by atoms with Gasteiger partial charge in [0.2, 0.25) is 10.0 Å². The van der Waals surface area contributed by atoms with E-state index in [1.165, 1.54) is 34.8 Å². The summed E-state index contributed by atoms with van der Waals surface area (Å²) in [6.45, 7) is 2.41. The highest BCUT2D eigenvalue weighted by molar-refractivity contribution is 7.88. The smallest absolute Gasteiger partial charge is 0.260 e. The number of sulfonamides is 1. The number of ether oxygens (including phenoxy) is 1. The van der Waals surface area contributed by atoms with Gasteiger partial charge in [-0.2, -0.15) is 0 Å². The Morgan fingerprint density at radius 1 is 1.30 bits per heavy atom. The Morgan fingerprint density at radius 3 is 2.39 bits per heavy atom. The number of nitrogens with zero attached hydrogens (tertiary/aromatic N) is 1. The highest BCUT2D eigenvalue weighted by atomic mass is 32.2. The molecule has 2 rings (SSSR count). The average molecular weight is 344 g/mol. The van der Waals surface area contributed by atoms with Crippen molar-refractivity contribution in [3.63, 3.8) is 0 Å². The molecule has 0 aromatic heterocycles. The molecular formula is C15H21FN2O4S. The maximum atomic E-state index is 12.8. The van der Waals surface area contributed by atoms with Crippen LogP contribution in [0.5, 0.6) is 5.75 Å². The summed E-state index contributed by atoms with van der Waals surface area (Å²) in [7, 11) is -3.17. The zero-order chi connectivity index (χ0) is 17.0. The van der Waals surface area contributed by atoms with Crippen LogP contribution in [0.25, 0.3) is 0 Å². The normalized spacial score (nSPS) is 18.4. The van der Waals surface area contributed by atoms with Gasteiger partial charge in [-0.05, 0) is 44.0 Å². The average Bonchev–Trinajstić information content (AvgIpc) is 2.49. The molecule has 0 radical (unpaired) electrons. The van der Waals surface area contributed by atoms with E-state index in [0.717, 1.165) is 0 Å². The SMILES string of the molecule is CC(Oc1ccc(F)cc1)C(=O)NC1CCN(S(C)(=O)=O)CC1. The third-order valence-corrected chi connectivity index (χ3v) is 5.07. The van der Waals surface area contributed by atoms with Crippen LogP contribution in [0.2, 0.25) is 0 Å². The van der Waals surface area contributed by atoms with Crippen LogP contribution in [-0.2, 0) is 14.8 Å². The molecule has 0 aliphatic carbocycles. The van der Waals surface area contributed by atoms with Gasteiger partial charge in [-0.25, -0.2) is 17.1 Å². The van der Waals surface area contributed by atoms with E-state index < -0.39 is 16.1 Å². The number of carbonyl (C=O) groups excluding carboxylic acids is 1. The van der Waals surface area contributed by atoms with Gasteiger partial charge in [0.25, 0.3) is 5.91 Å². The first-order valence-electron chi connectivity index (χ1n) is 7.43. The Labute approximate surface area is 135 Å². The minimum atomic E-state index is -3.17. The van der Waals surface area contributed by atoms with E-state index in [4.69, 9.17) is 4.74 Å². The van der Waals surface area contributed by atoms with E-state index in [2.05, 4.69) is 5.32 Å². The zero-order valence-corrected chi connectivity index (χ0v) is 14.0. The van der Waals surface area contributed by atoms with E-state index in [9.17, 15) is 17.6 Å². The van der Waals surface area contributed by atoms with E-state index in [1.807, 2.05) is 0 Å². The van der Waals surface area contributed by atoms with Gasteiger partial charge in [-0.1, -0.05) is 0 Å². The molecule has 1 N–H and O–H groups in total. The Kier molecular flexibility index (Phi) is 5.59. The van der Waals surface area contributed by atoms with Crippen LogP contribution in [-0.4, -0.2) is 50.1 Å². The summed E-state index contributed by atoms with van der Waals surface area (Å²) >= 11 is 0. The summed E-state index contributed by atoms with van der Waals surface area (Å²) in [6, 6.07) is 5.38. The Balaban J connectivity index is 1.81. The van der Waals surface area contributed by atoms with Crippen LogP contribution >= 0.6 is 0 Å². The number of benzene rings is 1. The largest absolute Gasteiger partial charge is 0.481 e. The highest BCUT2D eigenvalue weighted by Crippen LogP contribution is 2.15. The molecule has 0 saturated carbocycles. The second-order valence-corrected chi connectivity index (χ2v) is 7.64. The predicted molar refractivity (Wildman–Crippen MR) is 84.1 cm³/mol. The van der Waals surface area contributed by atoms with Gasteiger partial charge in [-0.3, -0.25) is 4.79 Å². The fourth-order valence-corrected chi connectivity index (χ4v) is 3.30. The maximum Gasteiger partial charge on any atom is 0.260 e. The summed E-state index contributed by atoms with van der Waals surface area (Å²) in [4.78, 5) is 12.1. The molecule has 1 fully saturated rings. The summed E-state index contributed by atoms with van der Waals surface area (Å²) in [5.74, 6) is -0.222. The second-order valence-electron chi connectivity index (χ2n) is 5.66. The van der Waals surface area contributed by atoms with Crippen molar-refractivity contribution in [1.82, 2.24) is 9.62 Å². The monoisotopic (exact) mass is 344 g/mol. The first-order chi connectivity index (χ1) is 10.8. The van der Waals surface area contributed by atoms with Gasteiger partial charge >= 0.3 is 0 Å². The van der Waals surface area contributed by atoms with Gasteiger partial charge in [0.05, 0.1) is 6.26 Å². The van der Waals surface area contributed by atoms with Crippen LogP contribution in [0.15, 0.2) is 24.3 Å². The van der Waals surface area contributed by atoms with Crippen molar-refractivity contribution < 1.29 is 22.3 Å². The van der Waals surface area contributed by atoms with Crippen LogP contribution in [0.1, 0.15) is 19.8 Å². The number of piperidine rings is 1. The third-order valence-electron chi connectivity index (χ3n) is 3.77. The fraction of sp³-hybridized carbons (Fsp3) is 0.533. The molecule has 0 spiro atoms. The summed E-state index contributed by atoms with van der Waals surface area (Å²) in [5, 5.41) is 2.86. The van der Waals surface area contributed by atoms with Crippen LogP contribution in [0.3, 0.4) is 0 Å². The molecule has 1 amide bonds. The number of carbonyl (C=O) groups is 1. The molecule has 23 heavy (non-hydrogen) atoms. The summed E-state index contributed by atoms with van der Waals surface area (Å²) in [6.07, 6.45) is 1.61. The number of hydrogen-bond donors (Lipinski definition) is 1. The lowest BCUT2D eigenvalue weighted by Gasteiger charge is -2.31. The van der Waals surface area contributed by atoms with Gasteiger partial charge in [0.1, 0.15) is 11.6 Å². The molecule has 1 aliphatic heterocycles. The molecule has 128 valence electrons. The molecule has 1 aromatic carbocycles. The molecule has 1 unspecified atom stereocenters. The zero-order valence-electron chi connectivity index (χ0n) is 13.2. The van der Waals surface area contributed by atoms with Gasteiger partial charge in [0.15, 0.2) is 6.10 Å². The molecule has 6 nitrogen and oxygen atoms in total. The Hall–Kier alpha value is -1.67. The number of nitrogens with one attached hydrogen (secondary N) is 1. The topological polar surface area (TPSA) is 75.7 Å². The maximum absolute atomic E-state index is 12.8.